The first-order valence-electron chi connectivity index (χ1n) is 7.17. The van der Waals surface area contributed by atoms with Gasteiger partial charge in [-0.05, 0) is 24.2 Å². The van der Waals surface area contributed by atoms with Crippen LogP contribution in [0.4, 0.5) is 0 Å². The Bertz CT molecular complexity index is 282. The molecule has 0 saturated carbocycles. The van der Waals surface area contributed by atoms with Crippen molar-refractivity contribution in [3.63, 3.8) is 0 Å². The molecule has 0 aliphatic heterocycles. The van der Waals surface area contributed by atoms with Crippen molar-refractivity contribution in [2.24, 2.45) is 11.3 Å². The van der Waals surface area contributed by atoms with Crippen LogP contribution >= 0.6 is 0 Å². The molecule has 0 aliphatic rings. The van der Waals surface area contributed by atoms with Gasteiger partial charge in [0.05, 0.1) is 12.8 Å². The molecule has 0 aromatic carbocycles. The minimum Gasteiger partial charge on any atom is -0.247 e. The zero-order chi connectivity index (χ0) is 14.9. The van der Waals surface area contributed by atoms with E-state index in [-0.39, 0.29) is 11.8 Å². The average Bonchev–Trinajstić information content (AvgIpc) is 2.24. The van der Waals surface area contributed by atoms with E-state index in [0.29, 0.717) is 12.3 Å². The van der Waals surface area contributed by atoms with Gasteiger partial charge in [-0.25, -0.2) is 19.4 Å². The molecule has 0 aliphatic carbocycles. The fourth-order valence-electron chi connectivity index (χ4n) is 2.25. The molecule has 112 valence electrons. The zero-order valence-electron chi connectivity index (χ0n) is 13.0. The first-order valence-corrected chi connectivity index (χ1v) is 7.17. The third kappa shape index (κ3) is 10.5. The van der Waals surface area contributed by atoms with Gasteiger partial charge in [0.1, 0.15) is 0 Å². The lowest BCUT2D eigenvalue weighted by Crippen LogP contribution is -2.22. The van der Waals surface area contributed by atoms with E-state index in [4.69, 9.17) is 0 Å². The van der Waals surface area contributed by atoms with Crippen LogP contribution in [0.3, 0.4) is 0 Å². The highest BCUT2D eigenvalue weighted by Gasteiger charge is 2.25. The normalized spacial score (nSPS) is 11.5. The first kappa shape index (κ1) is 17.9. The minimum absolute atomic E-state index is 0.139. The quantitative estimate of drug-likeness (QED) is 0.380. The van der Waals surface area contributed by atoms with E-state index in [9.17, 15) is 9.59 Å². The van der Waals surface area contributed by atoms with E-state index >= 15 is 0 Å². The van der Waals surface area contributed by atoms with Crippen molar-refractivity contribution in [2.45, 2.75) is 73.1 Å². The highest BCUT2D eigenvalue weighted by atomic mass is 17.2. The molecule has 0 heterocycles. The lowest BCUT2D eigenvalue weighted by molar-refractivity contribution is -0.260. The fourth-order valence-corrected chi connectivity index (χ4v) is 2.25. The standard InChI is InChI=1S/C15H28O4/c1-6-7-8-9-13(16)18-19-14(17)11-15(4,5)10-12(2)3/h12H,6-11H2,1-5H3. The second kappa shape index (κ2) is 8.94. The third-order valence-corrected chi connectivity index (χ3v) is 2.80. The van der Waals surface area contributed by atoms with Crippen molar-refractivity contribution in [2.75, 3.05) is 0 Å². The summed E-state index contributed by atoms with van der Waals surface area (Å²) in [5.74, 6) is -0.433. The number of hydrogen-bond acceptors (Lipinski definition) is 4. The maximum atomic E-state index is 11.6. The Morgan fingerprint density at radius 2 is 1.63 bits per heavy atom. The summed E-state index contributed by atoms with van der Waals surface area (Å²) >= 11 is 0. The van der Waals surface area contributed by atoms with E-state index < -0.39 is 11.9 Å². The predicted octanol–water partition coefficient (Wildman–Crippen LogP) is 4.03. The van der Waals surface area contributed by atoms with Crippen LogP contribution in [0.5, 0.6) is 0 Å². The Kier molecular flexibility index (Phi) is 8.44. The molecule has 4 heteroatoms. The Morgan fingerprint density at radius 1 is 1.05 bits per heavy atom. The molecule has 0 bridgehead atoms. The topological polar surface area (TPSA) is 52.6 Å². The number of rotatable bonds is 8. The Hall–Kier alpha value is -1.06. The molecule has 0 N–H and O–H groups in total. The summed E-state index contributed by atoms with van der Waals surface area (Å²) in [6, 6.07) is 0. The van der Waals surface area contributed by atoms with Gasteiger partial charge in [-0.3, -0.25) is 0 Å². The van der Waals surface area contributed by atoms with Crippen LogP contribution in [-0.2, 0) is 19.4 Å². The molecule has 0 unspecified atom stereocenters. The van der Waals surface area contributed by atoms with Gasteiger partial charge >= 0.3 is 11.9 Å². The molecule has 19 heavy (non-hydrogen) atoms. The predicted molar refractivity (Wildman–Crippen MR) is 74.2 cm³/mol. The summed E-state index contributed by atoms with van der Waals surface area (Å²) in [5, 5.41) is 0. The lowest BCUT2D eigenvalue weighted by Gasteiger charge is -2.24. The molecule has 0 aromatic rings. The molecule has 0 radical (unpaired) electrons. The molecule has 0 amide bonds. The molecular formula is C15H28O4. The average molecular weight is 272 g/mol. The second-order valence-corrected chi connectivity index (χ2v) is 6.31. The summed E-state index contributed by atoms with van der Waals surface area (Å²) in [5.41, 5.74) is -0.139. The third-order valence-electron chi connectivity index (χ3n) is 2.80. The van der Waals surface area contributed by atoms with Crippen molar-refractivity contribution < 1.29 is 19.4 Å². The van der Waals surface area contributed by atoms with Crippen LogP contribution < -0.4 is 0 Å². The fraction of sp³-hybridized carbons (Fsp3) is 0.867. The van der Waals surface area contributed by atoms with Gasteiger partial charge in [0.25, 0.3) is 0 Å². The summed E-state index contributed by atoms with van der Waals surface area (Å²) in [4.78, 5) is 31.9. The van der Waals surface area contributed by atoms with Gasteiger partial charge in [-0.1, -0.05) is 47.5 Å². The Balaban J connectivity index is 3.89. The number of unbranched alkanes of at least 4 members (excludes halogenated alkanes) is 2. The van der Waals surface area contributed by atoms with Crippen molar-refractivity contribution in [1.82, 2.24) is 0 Å². The molecule has 0 spiro atoms. The van der Waals surface area contributed by atoms with Gasteiger partial charge in [-0.15, -0.1) is 0 Å². The van der Waals surface area contributed by atoms with Crippen molar-refractivity contribution in [1.29, 1.82) is 0 Å². The largest absolute Gasteiger partial charge is 0.356 e. The summed E-state index contributed by atoms with van der Waals surface area (Å²) < 4.78 is 0. The minimum atomic E-state index is -0.477. The smallest absolute Gasteiger partial charge is 0.247 e. The van der Waals surface area contributed by atoms with Crippen LogP contribution in [0.25, 0.3) is 0 Å². The SMILES string of the molecule is CCCCCC(=O)OOC(=O)CC(C)(C)CC(C)C. The van der Waals surface area contributed by atoms with Gasteiger partial charge < -0.3 is 0 Å². The Labute approximate surface area is 116 Å². The van der Waals surface area contributed by atoms with Gasteiger partial charge in [-0.2, -0.15) is 0 Å². The van der Waals surface area contributed by atoms with Crippen molar-refractivity contribution in [3.8, 4) is 0 Å². The van der Waals surface area contributed by atoms with Gasteiger partial charge in [0.15, 0.2) is 0 Å². The first-order chi connectivity index (χ1) is 8.76. The van der Waals surface area contributed by atoms with Crippen LogP contribution in [0.1, 0.15) is 73.1 Å². The maximum Gasteiger partial charge on any atom is 0.356 e. The summed E-state index contributed by atoms with van der Waals surface area (Å²) in [6.45, 7) is 10.3. The zero-order valence-corrected chi connectivity index (χ0v) is 13.0. The second-order valence-electron chi connectivity index (χ2n) is 6.31. The summed E-state index contributed by atoms with van der Waals surface area (Å²) in [6.07, 6.45) is 4.27. The van der Waals surface area contributed by atoms with E-state index in [1.165, 1.54) is 0 Å². The van der Waals surface area contributed by atoms with Gasteiger partial charge in [0, 0.05) is 0 Å². The molecule has 0 aromatic heterocycles. The van der Waals surface area contributed by atoms with Crippen molar-refractivity contribution >= 4 is 11.9 Å². The van der Waals surface area contributed by atoms with E-state index in [1.807, 2.05) is 13.8 Å². The van der Waals surface area contributed by atoms with Crippen LogP contribution in [0.15, 0.2) is 0 Å². The van der Waals surface area contributed by atoms with E-state index in [1.54, 1.807) is 0 Å². The number of carbonyl (C=O) groups is 2. The highest BCUT2D eigenvalue weighted by molar-refractivity contribution is 5.73. The number of carbonyl (C=O) groups excluding carboxylic acids is 2. The summed E-state index contributed by atoms with van der Waals surface area (Å²) in [7, 11) is 0. The van der Waals surface area contributed by atoms with E-state index in [2.05, 4.69) is 30.5 Å². The van der Waals surface area contributed by atoms with Crippen LogP contribution in [-0.4, -0.2) is 11.9 Å². The number of hydrogen-bond donors (Lipinski definition) is 0. The van der Waals surface area contributed by atoms with Crippen LogP contribution in [0.2, 0.25) is 0 Å². The lowest BCUT2D eigenvalue weighted by atomic mass is 9.81. The molecule has 0 saturated heterocycles. The maximum absolute atomic E-state index is 11.6. The highest BCUT2D eigenvalue weighted by Crippen LogP contribution is 2.29. The van der Waals surface area contributed by atoms with Crippen LogP contribution in [0, 0.1) is 11.3 Å². The van der Waals surface area contributed by atoms with Gasteiger partial charge in [0.2, 0.25) is 0 Å². The Morgan fingerprint density at radius 3 is 2.16 bits per heavy atom. The molecule has 0 rings (SSSR count). The molecule has 0 atom stereocenters. The molecule has 0 fully saturated rings. The monoisotopic (exact) mass is 272 g/mol. The molecular weight excluding hydrogens is 244 g/mol. The molecule has 4 nitrogen and oxygen atoms in total. The van der Waals surface area contributed by atoms with E-state index in [0.717, 1.165) is 25.7 Å². The van der Waals surface area contributed by atoms with Crippen molar-refractivity contribution in [3.05, 3.63) is 0 Å².